The van der Waals surface area contributed by atoms with E-state index in [2.05, 4.69) is 10.1 Å². The molecule has 4 rings (SSSR count). The number of hydrogen-bond donors (Lipinski definition) is 0. The number of nitrogens with zero attached hydrogens (tertiary/aromatic N) is 4. The Bertz CT molecular complexity index is 1460. The number of rotatable bonds is 7. The summed E-state index contributed by atoms with van der Waals surface area (Å²) in [6.07, 6.45) is 2.54. The Morgan fingerprint density at radius 2 is 1.82 bits per heavy atom. The van der Waals surface area contributed by atoms with Gasteiger partial charge in [-0.25, -0.2) is 9.48 Å². The van der Waals surface area contributed by atoms with Gasteiger partial charge in [0.1, 0.15) is 0 Å². The number of hydrogen-bond acceptors (Lipinski definition) is 6. The Balaban J connectivity index is 1.51. The highest BCUT2D eigenvalue weighted by molar-refractivity contribution is 7.07. The van der Waals surface area contributed by atoms with E-state index in [1.165, 1.54) is 21.6 Å². The predicted molar refractivity (Wildman–Crippen MR) is 130 cm³/mol. The minimum atomic E-state index is -0.775. The molecule has 0 saturated heterocycles. The van der Waals surface area contributed by atoms with E-state index >= 15 is 0 Å². The Kier molecular flexibility index (Phi) is 7.12. The van der Waals surface area contributed by atoms with Crippen LogP contribution in [0.1, 0.15) is 35.0 Å². The molecule has 9 heteroatoms. The van der Waals surface area contributed by atoms with Crippen molar-refractivity contribution >= 4 is 34.0 Å². The first-order chi connectivity index (χ1) is 16.5. The Morgan fingerprint density at radius 3 is 2.56 bits per heavy atom. The van der Waals surface area contributed by atoms with Crippen molar-refractivity contribution in [3.05, 3.63) is 92.1 Å². The van der Waals surface area contributed by atoms with Crippen LogP contribution in [0.2, 0.25) is 0 Å². The molecule has 0 atom stereocenters. The highest BCUT2D eigenvalue weighted by Crippen LogP contribution is 2.14. The summed E-state index contributed by atoms with van der Waals surface area (Å²) >= 11 is 1.33. The second kappa shape index (κ2) is 10.4. The van der Waals surface area contributed by atoms with Crippen LogP contribution >= 0.6 is 11.3 Å². The SMILES string of the molecule is CCCn1nc(C(=O)OCC(=O)N=c2sccn2Cc2ccc(C)cc2)c2ccccc2c1=O. The second-order valence-electron chi connectivity index (χ2n) is 7.80. The fraction of sp³-hybridized carbons (Fsp3) is 0.240. The van der Waals surface area contributed by atoms with Gasteiger partial charge in [0.15, 0.2) is 17.1 Å². The lowest BCUT2D eigenvalue weighted by atomic mass is 10.1. The molecule has 2 aromatic carbocycles. The first-order valence-corrected chi connectivity index (χ1v) is 11.8. The van der Waals surface area contributed by atoms with E-state index in [9.17, 15) is 14.4 Å². The summed E-state index contributed by atoms with van der Waals surface area (Å²) in [5.74, 6) is -1.36. The molecule has 2 heterocycles. The van der Waals surface area contributed by atoms with Crippen LogP contribution in [0.3, 0.4) is 0 Å². The van der Waals surface area contributed by atoms with Gasteiger partial charge in [-0.05, 0) is 25.0 Å². The molecule has 0 fully saturated rings. The molecule has 34 heavy (non-hydrogen) atoms. The van der Waals surface area contributed by atoms with Crippen molar-refractivity contribution in [2.24, 2.45) is 4.99 Å². The Labute approximate surface area is 199 Å². The smallest absolute Gasteiger partial charge is 0.359 e. The number of thiazole rings is 1. The topological polar surface area (TPSA) is 95.6 Å². The molecular weight excluding hydrogens is 452 g/mol. The summed E-state index contributed by atoms with van der Waals surface area (Å²) in [5.41, 5.74) is 2.00. The van der Waals surface area contributed by atoms with Gasteiger partial charge in [-0.2, -0.15) is 10.1 Å². The van der Waals surface area contributed by atoms with E-state index < -0.39 is 18.5 Å². The molecule has 0 radical (unpaired) electrons. The zero-order valence-electron chi connectivity index (χ0n) is 18.9. The van der Waals surface area contributed by atoms with E-state index in [1.807, 2.05) is 54.3 Å². The van der Waals surface area contributed by atoms with Crippen LogP contribution in [0.5, 0.6) is 0 Å². The van der Waals surface area contributed by atoms with Crippen LogP contribution in [0.4, 0.5) is 0 Å². The maximum absolute atomic E-state index is 12.8. The highest BCUT2D eigenvalue weighted by atomic mass is 32.1. The average Bonchev–Trinajstić information content (AvgIpc) is 3.27. The number of carbonyl (C=O) groups excluding carboxylic acids is 2. The number of amides is 1. The predicted octanol–water partition coefficient (Wildman–Crippen LogP) is 3.31. The van der Waals surface area contributed by atoms with E-state index in [1.54, 1.807) is 24.3 Å². The van der Waals surface area contributed by atoms with Crippen LogP contribution in [0, 0.1) is 6.92 Å². The minimum Gasteiger partial charge on any atom is -0.451 e. The molecule has 8 nitrogen and oxygen atoms in total. The van der Waals surface area contributed by atoms with Gasteiger partial charge in [-0.15, -0.1) is 11.3 Å². The van der Waals surface area contributed by atoms with Crippen molar-refractivity contribution < 1.29 is 14.3 Å². The van der Waals surface area contributed by atoms with Crippen molar-refractivity contribution in [1.29, 1.82) is 0 Å². The van der Waals surface area contributed by atoms with Gasteiger partial charge in [-0.1, -0.05) is 55.0 Å². The van der Waals surface area contributed by atoms with Gasteiger partial charge < -0.3 is 9.30 Å². The monoisotopic (exact) mass is 476 g/mol. The van der Waals surface area contributed by atoms with Gasteiger partial charge >= 0.3 is 5.97 Å². The van der Waals surface area contributed by atoms with Crippen LogP contribution in [-0.2, 0) is 22.6 Å². The first kappa shape index (κ1) is 23.3. The zero-order chi connectivity index (χ0) is 24.1. The third-order valence-electron chi connectivity index (χ3n) is 5.18. The second-order valence-corrected chi connectivity index (χ2v) is 8.68. The van der Waals surface area contributed by atoms with E-state index in [0.717, 1.165) is 5.56 Å². The van der Waals surface area contributed by atoms with Gasteiger partial charge in [0.05, 0.1) is 5.39 Å². The van der Waals surface area contributed by atoms with Crippen molar-refractivity contribution in [3.63, 3.8) is 0 Å². The van der Waals surface area contributed by atoms with E-state index in [0.29, 0.717) is 35.1 Å². The number of aromatic nitrogens is 3. The standard InChI is InChI=1S/C25H24N4O4S/c1-3-12-29-23(31)20-7-5-4-6-19(20)22(27-29)24(32)33-16-21(30)26-25-28(13-14-34-25)15-18-10-8-17(2)9-11-18/h4-11,13-14H,3,12,15-16H2,1-2H3. The summed E-state index contributed by atoms with van der Waals surface area (Å²) in [6.45, 7) is 4.36. The van der Waals surface area contributed by atoms with E-state index in [4.69, 9.17) is 4.74 Å². The third-order valence-corrected chi connectivity index (χ3v) is 5.97. The van der Waals surface area contributed by atoms with Gasteiger partial charge in [0, 0.05) is 30.1 Å². The maximum Gasteiger partial charge on any atom is 0.359 e. The summed E-state index contributed by atoms with van der Waals surface area (Å²) in [6, 6.07) is 14.9. The van der Waals surface area contributed by atoms with E-state index in [-0.39, 0.29) is 11.3 Å². The summed E-state index contributed by atoms with van der Waals surface area (Å²) in [7, 11) is 0. The van der Waals surface area contributed by atoms with Crippen molar-refractivity contribution in [1.82, 2.24) is 14.3 Å². The lowest BCUT2D eigenvalue weighted by Gasteiger charge is -2.09. The fourth-order valence-electron chi connectivity index (χ4n) is 3.48. The molecule has 174 valence electrons. The largest absolute Gasteiger partial charge is 0.451 e. The van der Waals surface area contributed by atoms with Gasteiger partial charge in [0.25, 0.3) is 11.5 Å². The number of aryl methyl sites for hydroxylation is 2. The molecule has 0 N–H and O–H groups in total. The van der Waals surface area contributed by atoms with Crippen LogP contribution in [-0.4, -0.2) is 32.8 Å². The van der Waals surface area contributed by atoms with Crippen LogP contribution in [0.15, 0.2) is 69.9 Å². The molecule has 0 unspecified atom stereocenters. The number of carbonyl (C=O) groups is 2. The van der Waals surface area contributed by atoms with Crippen molar-refractivity contribution in [2.45, 2.75) is 33.4 Å². The summed E-state index contributed by atoms with van der Waals surface area (Å²) < 4.78 is 8.35. The number of fused-ring (bicyclic) bond motifs is 1. The van der Waals surface area contributed by atoms with Gasteiger partial charge in [0.2, 0.25) is 0 Å². The highest BCUT2D eigenvalue weighted by Gasteiger charge is 2.19. The van der Waals surface area contributed by atoms with Gasteiger partial charge in [-0.3, -0.25) is 9.59 Å². The Morgan fingerprint density at radius 1 is 1.09 bits per heavy atom. The summed E-state index contributed by atoms with van der Waals surface area (Å²) in [4.78, 5) is 42.5. The molecule has 0 saturated carbocycles. The average molecular weight is 477 g/mol. The minimum absolute atomic E-state index is 0.00186. The van der Waals surface area contributed by atoms with Crippen molar-refractivity contribution in [2.75, 3.05) is 6.61 Å². The fourth-order valence-corrected chi connectivity index (χ4v) is 4.23. The molecule has 0 bridgehead atoms. The number of benzene rings is 2. The molecule has 1 amide bonds. The first-order valence-electron chi connectivity index (χ1n) is 10.9. The molecule has 2 aromatic heterocycles. The summed E-state index contributed by atoms with van der Waals surface area (Å²) in [5, 5.41) is 6.81. The number of ether oxygens (including phenoxy) is 1. The molecular formula is C25H24N4O4S. The zero-order valence-corrected chi connectivity index (χ0v) is 19.7. The maximum atomic E-state index is 12.8. The lowest BCUT2D eigenvalue weighted by molar-refractivity contribution is -0.121. The molecule has 0 aliphatic heterocycles. The molecule has 4 aromatic rings. The number of esters is 1. The van der Waals surface area contributed by atoms with Crippen LogP contribution < -0.4 is 10.4 Å². The molecule has 0 aliphatic carbocycles. The normalized spacial score (nSPS) is 11.6. The molecule has 0 aliphatic rings. The third kappa shape index (κ3) is 5.20. The van der Waals surface area contributed by atoms with Crippen molar-refractivity contribution in [3.8, 4) is 0 Å². The lowest BCUT2D eigenvalue weighted by Crippen LogP contribution is -2.27. The Hall–Kier alpha value is -3.85. The van der Waals surface area contributed by atoms with Crippen LogP contribution in [0.25, 0.3) is 10.8 Å². The quantitative estimate of drug-likeness (QED) is 0.382. The molecule has 0 spiro atoms.